The first-order chi connectivity index (χ1) is 20.2. The zero-order valence-corrected chi connectivity index (χ0v) is 23.7. The molecule has 3 aromatic carbocycles. The van der Waals surface area contributed by atoms with Crippen molar-refractivity contribution in [2.45, 2.75) is 70.3 Å². The first kappa shape index (κ1) is 31.3. The normalized spacial score (nSPS) is 17.5. The SMILES string of the molecule is C=CCCCOc1ccc(OC(=O)C2CCC(c3ccc(-c4ccc(C(O)CCC)cc4)c(F)c3F)CC2)c(F)c1F. The molecule has 0 bridgehead atoms. The summed E-state index contributed by atoms with van der Waals surface area (Å²) < 4.78 is 69.7. The Morgan fingerprint density at radius 2 is 1.60 bits per heavy atom. The van der Waals surface area contributed by atoms with E-state index in [1.807, 2.05) is 6.92 Å². The van der Waals surface area contributed by atoms with E-state index in [1.54, 1.807) is 42.5 Å². The molecule has 42 heavy (non-hydrogen) atoms. The van der Waals surface area contributed by atoms with Crippen LogP contribution in [0.25, 0.3) is 11.1 Å². The first-order valence-corrected chi connectivity index (χ1v) is 14.4. The topological polar surface area (TPSA) is 55.8 Å². The van der Waals surface area contributed by atoms with Gasteiger partial charge in [-0.15, -0.1) is 6.58 Å². The standard InChI is InChI=1S/C34H36F4O4/c1-3-5-6-20-41-28-18-19-29(33(38)32(28)37)42-34(40)24-14-10-22(11-15-24)26-17-16-25(30(35)31(26)36)21-8-12-23(13-9-21)27(39)7-4-2/h3,8-9,12-13,16-19,22,24,27,39H,1,4-7,10-11,14-15,20H2,2H3. The molecule has 0 aliphatic heterocycles. The minimum atomic E-state index is -1.30. The minimum Gasteiger partial charge on any atom is -0.490 e. The lowest BCUT2D eigenvalue weighted by atomic mass is 9.78. The van der Waals surface area contributed by atoms with Crippen LogP contribution in [-0.2, 0) is 4.79 Å². The van der Waals surface area contributed by atoms with Crippen LogP contribution in [0.4, 0.5) is 17.6 Å². The fourth-order valence-corrected chi connectivity index (χ4v) is 5.37. The van der Waals surface area contributed by atoms with Gasteiger partial charge in [0.25, 0.3) is 0 Å². The summed E-state index contributed by atoms with van der Waals surface area (Å²) in [4.78, 5) is 12.7. The Bertz CT molecular complexity index is 1380. The van der Waals surface area contributed by atoms with Crippen LogP contribution in [0.2, 0.25) is 0 Å². The number of halogens is 4. The molecule has 1 aliphatic rings. The number of aliphatic hydroxyl groups excluding tert-OH is 1. The maximum absolute atomic E-state index is 15.2. The lowest BCUT2D eigenvalue weighted by Crippen LogP contribution is -2.26. The van der Waals surface area contributed by atoms with Gasteiger partial charge in [0.1, 0.15) is 0 Å². The predicted octanol–water partition coefficient (Wildman–Crippen LogP) is 8.97. The van der Waals surface area contributed by atoms with Crippen LogP contribution < -0.4 is 9.47 Å². The number of benzene rings is 3. The summed E-state index contributed by atoms with van der Waals surface area (Å²) in [6.45, 7) is 5.75. The van der Waals surface area contributed by atoms with Crippen LogP contribution in [0.5, 0.6) is 11.5 Å². The van der Waals surface area contributed by atoms with Gasteiger partial charge in [-0.2, -0.15) is 8.78 Å². The van der Waals surface area contributed by atoms with Crippen molar-refractivity contribution < 1.29 is 36.9 Å². The Balaban J connectivity index is 1.36. The zero-order chi connectivity index (χ0) is 30.2. The molecular weight excluding hydrogens is 548 g/mol. The molecular formula is C34H36F4O4. The molecule has 1 saturated carbocycles. The van der Waals surface area contributed by atoms with Crippen LogP contribution in [0.3, 0.4) is 0 Å². The summed E-state index contributed by atoms with van der Waals surface area (Å²) in [5.74, 6) is -6.74. The van der Waals surface area contributed by atoms with Crippen molar-refractivity contribution in [3.05, 3.63) is 95.6 Å². The smallest absolute Gasteiger partial charge is 0.314 e. The van der Waals surface area contributed by atoms with Gasteiger partial charge in [0.2, 0.25) is 11.6 Å². The highest BCUT2D eigenvalue weighted by atomic mass is 19.2. The Kier molecular flexibility index (Phi) is 10.8. The number of carbonyl (C=O) groups excluding carboxylic acids is 1. The predicted molar refractivity (Wildman–Crippen MR) is 153 cm³/mol. The van der Waals surface area contributed by atoms with Crippen LogP contribution in [-0.4, -0.2) is 17.7 Å². The summed E-state index contributed by atoms with van der Waals surface area (Å²) in [5, 5.41) is 10.2. The molecule has 0 amide bonds. The number of esters is 1. The Labute approximate surface area is 244 Å². The number of unbranched alkanes of at least 4 members (excludes halogenated alkanes) is 1. The zero-order valence-electron chi connectivity index (χ0n) is 23.7. The van der Waals surface area contributed by atoms with Gasteiger partial charge < -0.3 is 14.6 Å². The van der Waals surface area contributed by atoms with E-state index < -0.39 is 47.0 Å². The Morgan fingerprint density at radius 1 is 0.929 bits per heavy atom. The average Bonchev–Trinajstić information content (AvgIpc) is 3.00. The Hall–Kier alpha value is -3.65. The van der Waals surface area contributed by atoms with Crippen molar-refractivity contribution in [3.8, 4) is 22.6 Å². The van der Waals surface area contributed by atoms with Crippen LogP contribution in [0.15, 0.2) is 61.2 Å². The van der Waals surface area contributed by atoms with Gasteiger partial charge in [0.05, 0.1) is 18.6 Å². The van der Waals surface area contributed by atoms with Crippen molar-refractivity contribution in [3.63, 3.8) is 0 Å². The summed E-state index contributed by atoms with van der Waals surface area (Å²) in [6.07, 6.45) is 5.31. The number of ether oxygens (including phenoxy) is 2. The molecule has 0 spiro atoms. The van der Waals surface area contributed by atoms with Crippen LogP contribution in [0, 0.1) is 29.2 Å². The maximum atomic E-state index is 15.2. The van der Waals surface area contributed by atoms with Gasteiger partial charge in [0.15, 0.2) is 23.1 Å². The van der Waals surface area contributed by atoms with E-state index in [0.29, 0.717) is 50.5 Å². The molecule has 1 N–H and O–H groups in total. The van der Waals surface area contributed by atoms with E-state index in [4.69, 9.17) is 9.47 Å². The molecule has 8 heteroatoms. The van der Waals surface area contributed by atoms with E-state index in [-0.39, 0.29) is 29.4 Å². The van der Waals surface area contributed by atoms with E-state index in [2.05, 4.69) is 6.58 Å². The van der Waals surface area contributed by atoms with Gasteiger partial charge in [-0.25, -0.2) is 8.78 Å². The number of rotatable bonds is 12. The molecule has 0 radical (unpaired) electrons. The monoisotopic (exact) mass is 584 g/mol. The molecule has 4 rings (SSSR count). The summed E-state index contributed by atoms with van der Waals surface area (Å²) >= 11 is 0. The summed E-state index contributed by atoms with van der Waals surface area (Å²) in [5.41, 5.74) is 1.61. The number of hydrogen-bond donors (Lipinski definition) is 1. The van der Waals surface area contributed by atoms with Crippen molar-refractivity contribution in [2.24, 2.45) is 5.92 Å². The summed E-state index contributed by atoms with van der Waals surface area (Å²) in [7, 11) is 0. The highest BCUT2D eigenvalue weighted by Gasteiger charge is 2.31. The molecule has 1 fully saturated rings. The maximum Gasteiger partial charge on any atom is 0.314 e. The van der Waals surface area contributed by atoms with Gasteiger partial charge in [-0.1, -0.05) is 55.8 Å². The van der Waals surface area contributed by atoms with E-state index >= 15 is 8.78 Å². The van der Waals surface area contributed by atoms with E-state index in [0.717, 1.165) is 18.1 Å². The highest BCUT2D eigenvalue weighted by Crippen LogP contribution is 2.40. The summed E-state index contributed by atoms with van der Waals surface area (Å²) in [6, 6.07) is 12.3. The molecule has 1 aliphatic carbocycles. The number of allylic oxidation sites excluding steroid dienone is 1. The molecule has 224 valence electrons. The molecule has 1 unspecified atom stereocenters. The van der Waals surface area contributed by atoms with Crippen LogP contribution >= 0.6 is 0 Å². The molecule has 4 nitrogen and oxygen atoms in total. The lowest BCUT2D eigenvalue weighted by Gasteiger charge is -2.28. The van der Waals surface area contributed by atoms with Crippen LogP contribution in [0.1, 0.15) is 81.4 Å². The first-order valence-electron chi connectivity index (χ1n) is 14.4. The quantitative estimate of drug-likeness (QED) is 0.0759. The molecule has 3 aromatic rings. The number of aliphatic hydroxyl groups is 1. The molecule has 0 saturated heterocycles. The highest BCUT2D eigenvalue weighted by molar-refractivity contribution is 5.75. The molecule has 0 heterocycles. The second-order valence-electron chi connectivity index (χ2n) is 10.7. The van der Waals surface area contributed by atoms with Crippen molar-refractivity contribution in [1.82, 2.24) is 0 Å². The molecule has 1 atom stereocenters. The third kappa shape index (κ3) is 7.21. The minimum absolute atomic E-state index is 0.132. The lowest BCUT2D eigenvalue weighted by molar-refractivity contribution is -0.140. The van der Waals surface area contributed by atoms with Crippen molar-refractivity contribution in [1.29, 1.82) is 0 Å². The van der Waals surface area contributed by atoms with Crippen molar-refractivity contribution in [2.75, 3.05) is 6.61 Å². The number of hydrogen-bond acceptors (Lipinski definition) is 4. The van der Waals surface area contributed by atoms with Gasteiger partial charge >= 0.3 is 5.97 Å². The Morgan fingerprint density at radius 3 is 2.26 bits per heavy atom. The molecule has 0 aromatic heterocycles. The largest absolute Gasteiger partial charge is 0.490 e. The third-order valence-corrected chi connectivity index (χ3v) is 7.81. The third-order valence-electron chi connectivity index (χ3n) is 7.81. The van der Waals surface area contributed by atoms with Crippen molar-refractivity contribution >= 4 is 5.97 Å². The van der Waals surface area contributed by atoms with Gasteiger partial charge in [-0.3, -0.25) is 4.79 Å². The fraction of sp³-hybridized carbons (Fsp3) is 0.382. The fourth-order valence-electron chi connectivity index (χ4n) is 5.37. The number of carbonyl (C=O) groups is 1. The van der Waals surface area contributed by atoms with Gasteiger partial charge in [-0.05, 0) is 79.7 Å². The second-order valence-corrected chi connectivity index (χ2v) is 10.7. The van der Waals surface area contributed by atoms with E-state index in [1.165, 1.54) is 6.07 Å². The second kappa shape index (κ2) is 14.5. The van der Waals surface area contributed by atoms with Gasteiger partial charge in [0, 0.05) is 5.56 Å². The average molecular weight is 585 g/mol. The van der Waals surface area contributed by atoms with E-state index in [9.17, 15) is 18.7 Å².